The molecule has 2 aromatic heterocycles. The molecule has 8 heteroatoms. The molecule has 114 valence electrons. The molecule has 0 saturated carbocycles. The van der Waals surface area contributed by atoms with Crippen LogP contribution in [0.2, 0.25) is 0 Å². The Labute approximate surface area is 131 Å². The number of hydrogen-bond acceptors (Lipinski definition) is 6. The molecule has 0 aliphatic heterocycles. The van der Waals surface area contributed by atoms with E-state index in [1.54, 1.807) is 11.3 Å². The predicted octanol–water partition coefficient (Wildman–Crippen LogP) is 2.12. The summed E-state index contributed by atoms with van der Waals surface area (Å²) in [6, 6.07) is 4.46. The number of aliphatic carboxylic acids is 1. The summed E-state index contributed by atoms with van der Waals surface area (Å²) in [5, 5.41) is 19.6. The lowest BCUT2D eigenvalue weighted by Gasteiger charge is -2.25. The Bertz CT molecular complexity index is 597. The van der Waals surface area contributed by atoms with Crippen LogP contribution in [0.5, 0.6) is 0 Å². The highest BCUT2D eigenvalue weighted by atomic mass is 32.2. The summed E-state index contributed by atoms with van der Waals surface area (Å²) in [6.45, 7) is 2.14. The first-order chi connectivity index (χ1) is 9.99. The second kappa shape index (κ2) is 6.95. The second-order valence-electron chi connectivity index (χ2n) is 4.77. The molecule has 0 fully saturated rings. The summed E-state index contributed by atoms with van der Waals surface area (Å²) >= 11 is 2.92. The van der Waals surface area contributed by atoms with Crippen molar-refractivity contribution in [1.82, 2.24) is 14.8 Å². The van der Waals surface area contributed by atoms with Crippen LogP contribution in [0.3, 0.4) is 0 Å². The molecule has 0 aliphatic carbocycles. The van der Waals surface area contributed by atoms with E-state index in [4.69, 9.17) is 5.11 Å². The molecule has 0 bridgehead atoms. The summed E-state index contributed by atoms with van der Waals surface area (Å²) in [7, 11) is 3.84. The van der Waals surface area contributed by atoms with E-state index in [1.807, 2.05) is 18.7 Å². The summed E-state index contributed by atoms with van der Waals surface area (Å²) in [6.07, 6.45) is 0.943. The predicted molar refractivity (Wildman–Crippen MR) is 85.3 cm³/mol. The van der Waals surface area contributed by atoms with Crippen LogP contribution < -0.4 is 4.90 Å². The zero-order valence-corrected chi connectivity index (χ0v) is 13.8. The molecule has 6 nitrogen and oxygen atoms in total. The molecule has 0 saturated heterocycles. The van der Waals surface area contributed by atoms with Gasteiger partial charge in [0.2, 0.25) is 5.95 Å². The lowest BCUT2D eigenvalue weighted by Crippen LogP contribution is -2.32. The number of aromatic nitrogens is 3. The van der Waals surface area contributed by atoms with Crippen LogP contribution in [0.1, 0.15) is 11.8 Å². The largest absolute Gasteiger partial charge is 0.481 e. The standard InChI is InChI=1S/C13H18N4O2S2/c1-9(7-10-5-4-6-20-10)16(2)12-14-15-13(17(12)3)21-8-11(18)19/h4-6,9H,7-8H2,1-3H3,(H,18,19). The van der Waals surface area contributed by atoms with Gasteiger partial charge in [0.05, 0.1) is 5.75 Å². The van der Waals surface area contributed by atoms with E-state index in [9.17, 15) is 4.79 Å². The van der Waals surface area contributed by atoms with Crippen molar-refractivity contribution in [3.63, 3.8) is 0 Å². The fraction of sp³-hybridized carbons (Fsp3) is 0.462. The van der Waals surface area contributed by atoms with Crippen LogP contribution in [0, 0.1) is 0 Å². The van der Waals surface area contributed by atoms with Gasteiger partial charge in [-0.1, -0.05) is 17.8 Å². The Hall–Kier alpha value is -1.54. The summed E-state index contributed by atoms with van der Waals surface area (Å²) in [5.74, 6) is -0.128. The van der Waals surface area contributed by atoms with Gasteiger partial charge in [-0.15, -0.1) is 21.5 Å². The number of nitrogens with zero attached hydrogens (tertiary/aromatic N) is 4. The molecule has 2 rings (SSSR count). The summed E-state index contributed by atoms with van der Waals surface area (Å²) < 4.78 is 1.83. The van der Waals surface area contributed by atoms with Gasteiger partial charge in [0.15, 0.2) is 5.16 Å². The average molecular weight is 326 g/mol. The monoisotopic (exact) mass is 326 g/mol. The Balaban J connectivity index is 2.04. The minimum atomic E-state index is -0.857. The van der Waals surface area contributed by atoms with Crippen molar-refractivity contribution in [1.29, 1.82) is 0 Å². The molecule has 0 spiro atoms. The molecule has 2 heterocycles. The number of anilines is 1. The third kappa shape index (κ3) is 3.98. The van der Waals surface area contributed by atoms with Gasteiger partial charge in [-0.2, -0.15) is 0 Å². The van der Waals surface area contributed by atoms with E-state index < -0.39 is 5.97 Å². The van der Waals surface area contributed by atoms with Crippen molar-refractivity contribution in [2.75, 3.05) is 17.7 Å². The maximum absolute atomic E-state index is 10.6. The number of thiophene rings is 1. The quantitative estimate of drug-likeness (QED) is 0.786. The van der Waals surface area contributed by atoms with Gasteiger partial charge in [0.25, 0.3) is 0 Å². The van der Waals surface area contributed by atoms with Crippen LogP contribution in [0.25, 0.3) is 0 Å². The minimum Gasteiger partial charge on any atom is -0.481 e. The van der Waals surface area contributed by atoms with E-state index in [0.29, 0.717) is 5.16 Å². The smallest absolute Gasteiger partial charge is 0.313 e. The van der Waals surface area contributed by atoms with Gasteiger partial charge < -0.3 is 10.0 Å². The van der Waals surface area contributed by atoms with Crippen LogP contribution in [-0.2, 0) is 18.3 Å². The van der Waals surface area contributed by atoms with E-state index in [0.717, 1.165) is 12.4 Å². The first-order valence-electron chi connectivity index (χ1n) is 6.48. The molecule has 2 aromatic rings. The highest BCUT2D eigenvalue weighted by molar-refractivity contribution is 7.99. The third-order valence-corrected chi connectivity index (χ3v) is 5.09. The van der Waals surface area contributed by atoms with Gasteiger partial charge in [-0.3, -0.25) is 9.36 Å². The first-order valence-corrected chi connectivity index (χ1v) is 8.34. The highest BCUT2D eigenvalue weighted by Crippen LogP contribution is 2.22. The van der Waals surface area contributed by atoms with Crippen molar-refractivity contribution in [2.45, 2.75) is 24.5 Å². The van der Waals surface area contributed by atoms with Gasteiger partial charge >= 0.3 is 5.97 Å². The number of likely N-dealkylation sites (N-methyl/N-ethyl adjacent to an activating group) is 1. The molecule has 0 amide bonds. The molecule has 21 heavy (non-hydrogen) atoms. The lowest BCUT2D eigenvalue weighted by atomic mass is 10.2. The topological polar surface area (TPSA) is 71.2 Å². The molecule has 0 radical (unpaired) electrons. The van der Waals surface area contributed by atoms with Crippen LogP contribution in [0.15, 0.2) is 22.7 Å². The third-order valence-electron chi connectivity index (χ3n) is 3.19. The molecular formula is C13H18N4O2S2. The van der Waals surface area contributed by atoms with Crippen LogP contribution in [-0.4, -0.2) is 44.7 Å². The molecule has 0 aromatic carbocycles. The number of carboxylic acid groups (broad SMARTS) is 1. The highest BCUT2D eigenvalue weighted by Gasteiger charge is 2.18. The molecule has 1 N–H and O–H groups in total. The van der Waals surface area contributed by atoms with Crippen molar-refractivity contribution < 1.29 is 9.90 Å². The van der Waals surface area contributed by atoms with Crippen molar-refractivity contribution in [3.05, 3.63) is 22.4 Å². The Morgan fingerprint density at radius 1 is 1.57 bits per heavy atom. The zero-order valence-electron chi connectivity index (χ0n) is 12.2. The van der Waals surface area contributed by atoms with E-state index >= 15 is 0 Å². The van der Waals surface area contributed by atoms with Crippen molar-refractivity contribution in [2.24, 2.45) is 7.05 Å². The van der Waals surface area contributed by atoms with Gasteiger partial charge in [-0.05, 0) is 18.4 Å². The number of carboxylic acids is 1. The average Bonchev–Trinajstić information content (AvgIpc) is 3.05. The van der Waals surface area contributed by atoms with Gasteiger partial charge in [0.1, 0.15) is 0 Å². The molecule has 0 aliphatic rings. The van der Waals surface area contributed by atoms with Crippen molar-refractivity contribution >= 4 is 35.0 Å². The number of hydrogen-bond donors (Lipinski definition) is 1. The van der Waals surface area contributed by atoms with E-state index in [2.05, 4.69) is 39.5 Å². The number of carbonyl (C=O) groups is 1. The summed E-state index contributed by atoms with van der Waals surface area (Å²) in [4.78, 5) is 14.0. The van der Waals surface area contributed by atoms with Gasteiger partial charge in [0, 0.05) is 31.4 Å². The Kier molecular flexibility index (Phi) is 5.24. The molecular weight excluding hydrogens is 308 g/mol. The first kappa shape index (κ1) is 15.8. The minimum absolute atomic E-state index is 0.0135. The maximum Gasteiger partial charge on any atom is 0.313 e. The fourth-order valence-electron chi connectivity index (χ4n) is 1.92. The van der Waals surface area contributed by atoms with Crippen LogP contribution in [0.4, 0.5) is 5.95 Å². The van der Waals surface area contributed by atoms with Crippen LogP contribution >= 0.6 is 23.1 Å². The Morgan fingerprint density at radius 2 is 2.33 bits per heavy atom. The molecule has 1 atom stereocenters. The normalized spacial score (nSPS) is 12.3. The lowest BCUT2D eigenvalue weighted by molar-refractivity contribution is -0.133. The SMILES string of the molecule is CC(Cc1cccs1)N(C)c1nnc(SCC(=O)O)n1C. The zero-order chi connectivity index (χ0) is 15.4. The van der Waals surface area contributed by atoms with Crippen molar-refractivity contribution in [3.8, 4) is 0 Å². The van der Waals surface area contributed by atoms with E-state index in [1.165, 1.54) is 16.6 Å². The number of rotatable bonds is 7. The maximum atomic E-state index is 10.6. The summed E-state index contributed by atoms with van der Waals surface area (Å²) in [5.41, 5.74) is 0. The van der Waals surface area contributed by atoms with E-state index in [-0.39, 0.29) is 11.8 Å². The second-order valence-corrected chi connectivity index (χ2v) is 6.74. The molecule has 1 unspecified atom stereocenters. The fourth-order valence-corrected chi connectivity index (χ4v) is 3.37. The number of thioether (sulfide) groups is 1. The van der Waals surface area contributed by atoms with Gasteiger partial charge in [-0.25, -0.2) is 0 Å². The Morgan fingerprint density at radius 3 is 2.95 bits per heavy atom.